The summed E-state index contributed by atoms with van der Waals surface area (Å²) < 4.78 is 13.6. The van der Waals surface area contributed by atoms with E-state index in [0.29, 0.717) is 6.54 Å². The summed E-state index contributed by atoms with van der Waals surface area (Å²) in [6, 6.07) is 13.3. The van der Waals surface area contributed by atoms with Gasteiger partial charge in [0.05, 0.1) is 11.6 Å². The second kappa shape index (κ2) is 8.33. The summed E-state index contributed by atoms with van der Waals surface area (Å²) in [6.07, 6.45) is 1.94. The summed E-state index contributed by atoms with van der Waals surface area (Å²) in [7, 11) is 2.16. The molecule has 2 aromatic carbocycles. The van der Waals surface area contributed by atoms with Gasteiger partial charge < -0.3 is 9.80 Å². The molecule has 1 saturated heterocycles. The first-order chi connectivity index (χ1) is 15.4. The molecule has 0 unspecified atom stereocenters. The van der Waals surface area contributed by atoms with Crippen LogP contribution >= 0.6 is 11.6 Å². The molecule has 0 radical (unpaired) electrons. The topological polar surface area (TPSA) is 51.3 Å². The standard InChI is InChI=1S/C24H26ClFN6/c1-16-20(18-5-8-23(26)22(25)13-18)14-31-24(28-16)21(15-32(31)27)17-3-6-19(7-4-17)30-11-9-29(2)10-12-30/h3-8,13-14H,9-12,15,27H2,1-2H3. The average Bonchev–Trinajstić information content (AvgIpc) is 3.11. The highest BCUT2D eigenvalue weighted by Crippen LogP contribution is 2.36. The maximum Gasteiger partial charge on any atom is 0.153 e. The van der Waals surface area contributed by atoms with Gasteiger partial charge in [-0.3, -0.25) is 0 Å². The van der Waals surface area contributed by atoms with E-state index in [4.69, 9.17) is 22.4 Å². The molecular formula is C24H26ClFN6. The summed E-state index contributed by atoms with van der Waals surface area (Å²) >= 11 is 5.99. The summed E-state index contributed by atoms with van der Waals surface area (Å²) in [5.41, 5.74) is 5.91. The fourth-order valence-corrected chi connectivity index (χ4v) is 4.54. The molecule has 2 aromatic rings. The van der Waals surface area contributed by atoms with E-state index >= 15 is 0 Å². The molecule has 0 atom stereocenters. The van der Waals surface area contributed by atoms with Crippen molar-refractivity contribution in [3.63, 3.8) is 0 Å². The van der Waals surface area contributed by atoms with Gasteiger partial charge in [-0.2, -0.15) is 0 Å². The van der Waals surface area contributed by atoms with Crippen LogP contribution in [0, 0.1) is 5.82 Å². The van der Waals surface area contributed by atoms with Crippen LogP contribution < -0.4 is 10.7 Å². The number of halogens is 2. The van der Waals surface area contributed by atoms with Gasteiger partial charge in [-0.15, -0.1) is 5.12 Å². The maximum atomic E-state index is 13.6. The number of benzene rings is 2. The lowest BCUT2D eigenvalue weighted by Gasteiger charge is -2.34. The molecule has 0 amide bonds. The summed E-state index contributed by atoms with van der Waals surface area (Å²) in [5, 5.41) is 3.58. The van der Waals surface area contributed by atoms with Gasteiger partial charge in [0.15, 0.2) is 5.82 Å². The fraction of sp³-hybridized carbons (Fsp3) is 0.292. The van der Waals surface area contributed by atoms with Gasteiger partial charge in [0.25, 0.3) is 0 Å². The van der Waals surface area contributed by atoms with Crippen molar-refractivity contribution in [1.82, 2.24) is 15.0 Å². The second-order valence-electron chi connectivity index (χ2n) is 8.45. The molecule has 8 heteroatoms. The third kappa shape index (κ3) is 3.82. The van der Waals surface area contributed by atoms with Crippen molar-refractivity contribution >= 4 is 34.1 Å². The Balaban J connectivity index is 1.43. The lowest BCUT2D eigenvalue weighted by molar-refractivity contribution is 0.0913. The number of aliphatic imine (C=N–C) groups is 1. The van der Waals surface area contributed by atoms with Gasteiger partial charge in [0.2, 0.25) is 0 Å². The smallest absolute Gasteiger partial charge is 0.153 e. The molecular weight excluding hydrogens is 427 g/mol. The van der Waals surface area contributed by atoms with E-state index < -0.39 is 5.82 Å². The lowest BCUT2D eigenvalue weighted by Crippen LogP contribution is -2.44. The minimum Gasteiger partial charge on any atom is -0.369 e. The molecule has 5 rings (SSSR count). The van der Waals surface area contributed by atoms with E-state index in [2.05, 4.69) is 41.1 Å². The van der Waals surface area contributed by atoms with Gasteiger partial charge in [-0.25, -0.2) is 20.2 Å². The normalized spacial score (nSPS) is 19.9. The number of piperazine rings is 1. The van der Waals surface area contributed by atoms with E-state index in [-0.39, 0.29) is 5.02 Å². The van der Waals surface area contributed by atoms with E-state index in [0.717, 1.165) is 60.0 Å². The van der Waals surface area contributed by atoms with Gasteiger partial charge in [0, 0.05) is 54.9 Å². The van der Waals surface area contributed by atoms with Crippen LogP contribution in [0.25, 0.3) is 11.1 Å². The highest BCUT2D eigenvalue weighted by Gasteiger charge is 2.31. The Morgan fingerprint density at radius 1 is 1.00 bits per heavy atom. The Labute approximate surface area is 192 Å². The molecule has 1 fully saturated rings. The van der Waals surface area contributed by atoms with E-state index in [9.17, 15) is 4.39 Å². The summed E-state index contributed by atoms with van der Waals surface area (Å²) in [5.74, 6) is 6.70. The Kier molecular flexibility index (Phi) is 5.51. The number of allylic oxidation sites excluding steroid dienone is 1. The molecule has 166 valence electrons. The zero-order valence-electron chi connectivity index (χ0n) is 18.2. The van der Waals surface area contributed by atoms with Crippen LogP contribution in [0.15, 0.2) is 59.5 Å². The van der Waals surface area contributed by atoms with Gasteiger partial charge >= 0.3 is 0 Å². The number of fused-ring (bicyclic) bond motifs is 1. The Morgan fingerprint density at radius 2 is 1.69 bits per heavy atom. The van der Waals surface area contributed by atoms with Crippen molar-refractivity contribution < 1.29 is 4.39 Å². The predicted molar refractivity (Wildman–Crippen MR) is 128 cm³/mol. The molecule has 3 heterocycles. The van der Waals surface area contributed by atoms with Crippen molar-refractivity contribution in [3.05, 3.63) is 76.5 Å². The number of likely N-dealkylation sites (N-methyl/N-ethyl adjacent to an activating group) is 1. The van der Waals surface area contributed by atoms with Crippen molar-refractivity contribution in [2.45, 2.75) is 6.92 Å². The third-order valence-electron chi connectivity index (χ3n) is 6.31. The van der Waals surface area contributed by atoms with Crippen molar-refractivity contribution in [3.8, 4) is 0 Å². The molecule has 6 nitrogen and oxygen atoms in total. The van der Waals surface area contributed by atoms with E-state index in [1.54, 1.807) is 17.3 Å². The number of hydrazine groups is 2. The predicted octanol–water partition coefficient (Wildman–Crippen LogP) is 3.82. The first kappa shape index (κ1) is 21.2. The van der Waals surface area contributed by atoms with E-state index in [1.807, 2.05) is 18.1 Å². The lowest BCUT2D eigenvalue weighted by atomic mass is 10.0. The molecule has 3 aliphatic rings. The van der Waals surface area contributed by atoms with Crippen LogP contribution in [0.5, 0.6) is 0 Å². The third-order valence-corrected chi connectivity index (χ3v) is 6.60. The van der Waals surface area contributed by atoms with Crippen molar-refractivity contribution in [2.24, 2.45) is 10.8 Å². The van der Waals surface area contributed by atoms with Crippen LogP contribution in [-0.2, 0) is 0 Å². The average molecular weight is 453 g/mol. The molecule has 3 aliphatic heterocycles. The fourth-order valence-electron chi connectivity index (χ4n) is 4.36. The summed E-state index contributed by atoms with van der Waals surface area (Å²) in [4.78, 5) is 9.64. The molecule has 0 bridgehead atoms. The van der Waals surface area contributed by atoms with Crippen LogP contribution in [0.2, 0.25) is 5.02 Å². The number of rotatable bonds is 3. The SMILES string of the molecule is CC1=NC2=C(c3ccc(N4CCN(C)CC4)cc3)CN(N)N2C=C1c1ccc(F)c(Cl)c1. The van der Waals surface area contributed by atoms with Crippen LogP contribution in [0.3, 0.4) is 0 Å². The highest BCUT2D eigenvalue weighted by atomic mass is 35.5. The number of hydrogen-bond donors (Lipinski definition) is 1. The minimum absolute atomic E-state index is 0.0877. The number of nitrogens with zero attached hydrogens (tertiary/aromatic N) is 5. The molecule has 0 aliphatic carbocycles. The summed E-state index contributed by atoms with van der Waals surface area (Å²) in [6.45, 7) is 6.73. The second-order valence-corrected chi connectivity index (χ2v) is 8.86. The number of anilines is 1. The minimum atomic E-state index is -0.439. The van der Waals surface area contributed by atoms with Crippen LogP contribution in [0.4, 0.5) is 10.1 Å². The Morgan fingerprint density at radius 3 is 2.38 bits per heavy atom. The first-order valence-corrected chi connectivity index (χ1v) is 11.1. The van der Waals surface area contributed by atoms with Crippen LogP contribution in [-0.4, -0.2) is 60.5 Å². The van der Waals surface area contributed by atoms with Gasteiger partial charge in [-0.1, -0.05) is 29.8 Å². The molecule has 32 heavy (non-hydrogen) atoms. The number of nitrogens with two attached hydrogens (primary N) is 1. The molecule has 2 N–H and O–H groups in total. The van der Waals surface area contributed by atoms with E-state index in [1.165, 1.54) is 11.8 Å². The van der Waals surface area contributed by atoms with Crippen molar-refractivity contribution in [1.29, 1.82) is 0 Å². The zero-order valence-corrected chi connectivity index (χ0v) is 19.0. The van der Waals surface area contributed by atoms with Gasteiger partial charge in [0.1, 0.15) is 5.82 Å². The quantitative estimate of drug-likeness (QED) is 0.717. The Hall–Kier alpha value is -2.71. The molecule has 0 saturated carbocycles. The monoisotopic (exact) mass is 452 g/mol. The van der Waals surface area contributed by atoms with Crippen LogP contribution in [0.1, 0.15) is 18.1 Å². The van der Waals surface area contributed by atoms with Gasteiger partial charge in [-0.05, 0) is 49.4 Å². The molecule has 0 aromatic heterocycles. The number of hydrogen-bond acceptors (Lipinski definition) is 6. The van der Waals surface area contributed by atoms with Crippen molar-refractivity contribution in [2.75, 3.05) is 44.7 Å². The largest absolute Gasteiger partial charge is 0.369 e. The highest BCUT2D eigenvalue weighted by molar-refractivity contribution is 6.31. The maximum absolute atomic E-state index is 13.6. The molecule has 0 spiro atoms. The first-order valence-electron chi connectivity index (χ1n) is 10.7. The zero-order chi connectivity index (χ0) is 22.4. The Bertz CT molecular complexity index is 1130.